The number of unbranched alkanes of at least 4 members (excludes halogenated alkanes) is 1. The van der Waals surface area contributed by atoms with Crippen LogP contribution in [0.15, 0.2) is 24.4 Å². The van der Waals surface area contributed by atoms with E-state index in [1.807, 2.05) is 33.7 Å². The van der Waals surface area contributed by atoms with Gasteiger partial charge in [-0.3, -0.25) is 4.79 Å². The minimum Gasteiger partial charge on any atom is -0.368 e. The Bertz CT molecular complexity index is 592. The Labute approximate surface area is 118 Å². The Kier molecular flexibility index (Phi) is 4.57. The predicted molar refractivity (Wildman–Crippen MR) is 79.4 cm³/mol. The Morgan fingerprint density at radius 3 is 2.90 bits per heavy atom. The van der Waals surface area contributed by atoms with E-state index >= 15 is 0 Å². The molecule has 0 saturated heterocycles. The van der Waals surface area contributed by atoms with Crippen molar-refractivity contribution < 1.29 is 4.79 Å². The number of fused-ring (bicyclic) bond motifs is 1. The number of nitrogens with two attached hydrogens (primary N) is 2. The Balaban J connectivity index is 2.42. The Hall–Kier alpha value is -2.08. The van der Waals surface area contributed by atoms with Crippen LogP contribution in [0, 0.1) is 0 Å². The maximum Gasteiger partial charge on any atom is 0.236 e. The molecule has 2 aromatic heterocycles. The van der Waals surface area contributed by atoms with Crippen LogP contribution in [-0.2, 0) is 11.3 Å². The SMILES string of the molecule is CCCCN(CC(N)=O)c1nc2ccccn2c1CN. The van der Waals surface area contributed by atoms with Crippen molar-refractivity contribution in [2.75, 3.05) is 18.0 Å². The van der Waals surface area contributed by atoms with Gasteiger partial charge in [-0.25, -0.2) is 4.98 Å². The van der Waals surface area contributed by atoms with E-state index in [9.17, 15) is 4.79 Å². The molecule has 2 heterocycles. The first-order chi connectivity index (χ1) is 9.67. The van der Waals surface area contributed by atoms with Gasteiger partial charge >= 0.3 is 0 Å². The van der Waals surface area contributed by atoms with Crippen LogP contribution in [0.25, 0.3) is 5.65 Å². The predicted octanol–water partition coefficient (Wildman–Crippen LogP) is 0.885. The number of rotatable bonds is 7. The van der Waals surface area contributed by atoms with E-state index in [4.69, 9.17) is 11.5 Å². The van der Waals surface area contributed by atoms with Crippen molar-refractivity contribution in [1.82, 2.24) is 9.38 Å². The van der Waals surface area contributed by atoms with Gasteiger partial charge < -0.3 is 20.8 Å². The summed E-state index contributed by atoms with van der Waals surface area (Å²) in [5.74, 6) is 0.395. The maximum atomic E-state index is 11.3. The lowest BCUT2D eigenvalue weighted by Gasteiger charge is -2.21. The van der Waals surface area contributed by atoms with Crippen molar-refractivity contribution in [2.24, 2.45) is 11.5 Å². The number of anilines is 1. The highest BCUT2D eigenvalue weighted by Gasteiger charge is 2.18. The second kappa shape index (κ2) is 6.38. The van der Waals surface area contributed by atoms with E-state index in [1.54, 1.807) is 0 Å². The first kappa shape index (κ1) is 14.3. The summed E-state index contributed by atoms with van der Waals surface area (Å²) in [6, 6.07) is 5.78. The van der Waals surface area contributed by atoms with Crippen molar-refractivity contribution in [3.63, 3.8) is 0 Å². The van der Waals surface area contributed by atoms with Gasteiger partial charge in [-0.1, -0.05) is 19.4 Å². The lowest BCUT2D eigenvalue weighted by atomic mass is 10.3. The Morgan fingerprint density at radius 2 is 2.25 bits per heavy atom. The molecule has 0 aliphatic rings. The number of hydrogen-bond acceptors (Lipinski definition) is 4. The summed E-state index contributed by atoms with van der Waals surface area (Å²) in [5, 5.41) is 0. The van der Waals surface area contributed by atoms with E-state index in [2.05, 4.69) is 11.9 Å². The van der Waals surface area contributed by atoms with Crippen molar-refractivity contribution in [3.8, 4) is 0 Å². The number of aromatic nitrogens is 2. The lowest BCUT2D eigenvalue weighted by Crippen LogP contribution is -2.35. The molecule has 0 aliphatic carbocycles. The normalized spacial score (nSPS) is 10.9. The van der Waals surface area contributed by atoms with Gasteiger partial charge in [0.25, 0.3) is 0 Å². The van der Waals surface area contributed by atoms with E-state index in [0.29, 0.717) is 6.54 Å². The van der Waals surface area contributed by atoms with E-state index in [1.165, 1.54) is 0 Å². The third kappa shape index (κ3) is 2.91. The summed E-state index contributed by atoms with van der Waals surface area (Å²) in [4.78, 5) is 17.8. The molecule has 20 heavy (non-hydrogen) atoms. The van der Waals surface area contributed by atoms with Gasteiger partial charge in [0.1, 0.15) is 5.65 Å². The molecule has 0 bridgehead atoms. The number of carbonyl (C=O) groups is 1. The van der Waals surface area contributed by atoms with Gasteiger partial charge in [0, 0.05) is 19.3 Å². The summed E-state index contributed by atoms with van der Waals surface area (Å²) in [5.41, 5.74) is 12.9. The van der Waals surface area contributed by atoms with Gasteiger partial charge in [-0.15, -0.1) is 0 Å². The average molecular weight is 275 g/mol. The minimum absolute atomic E-state index is 0.164. The number of pyridine rings is 1. The number of amides is 1. The third-order valence-corrected chi connectivity index (χ3v) is 3.23. The van der Waals surface area contributed by atoms with E-state index < -0.39 is 0 Å². The van der Waals surface area contributed by atoms with Crippen LogP contribution in [0.5, 0.6) is 0 Å². The molecule has 6 heteroatoms. The fourth-order valence-corrected chi connectivity index (χ4v) is 2.27. The van der Waals surface area contributed by atoms with Crippen molar-refractivity contribution in [3.05, 3.63) is 30.1 Å². The molecule has 0 aromatic carbocycles. The summed E-state index contributed by atoms with van der Waals surface area (Å²) in [6.45, 7) is 3.38. The summed E-state index contributed by atoms with van der Waals surface area (Å²) in [6.07, 6.45) is 3.95. The first-order valence-electron chi connectivity index (χ1n) is 6.86. The van der Waals surface area contributed by atoms with Crippen LogP contribution >= 0.6 is 0 Å². The highest BCUT2D eigenvalue weighted by Crippen LogP contribution is 2.21. The van der Waals surface area contributed by atoms with Crippen molar-refractivity contribution in [1.29, 1.82) is 0 Å². The van der Waals surface area contributed by atoms with E-state index in [-0.39, 0.29) is 12.5 Å². The van der Waals surface area contributed by atoms with Gasteiger partial charge in [0.2, 0.25) is 5.91 Å². The smallest absolute Gasteiger partial charge is 0.236 e. The topological polar surface area (TPSA) is 89.6 Å². The molecule has 0 fully saturated rings. The molecule has 0 aliphatic heterocycles. The number of hydrogen-bond donors (Lipinski definition) is 2. The summed E-state index contributed by atoms with van der Waals surface area (Å²) >= 11 is 0. The molecule has 6 nitrogen and oxygen atoms in total. The number of imidazole rings is 1. The third-order valence-electron chi connectivity index (χ3n) is 3.23. The zero-order chi connectivity index (χ0) is 14.5. The highest BCUT2D eigenvalue weighted by atomic mass is 16.1. The fourth-order valence-electron chi connectivity index (χ4n) is 2.27. The van der Waals surface area contributed by atoms with Crippen LogP contribution in [0.1, 0.15) is 25.5 Å². The van der Waals surface area contributed by atoms with Gasteiger partial charge in [-0.2, -0.15) is 0 Å². The number of carbonyl (C=O) groups excluding carboxylic acids is 1. The molecular weight excluding hydrogens is 254 g/mol. The molecule has 108 valence electrons. The Morgan fingerprint density at radius 1 is 1.45 bits per heavy atom. The molecule has 0 atom stereocenters. The van der Waals surface area contributed by atoms with Crippen LogP contribution in [-0.4, -0.2) is 28.4 Å². The summed E-state index contributed by atoms with van der Waals surface area (Å²) in [7, 11) is 0. The molecule has 2 aromatic rings. The summed E-state index contributed by atoms with van der Waals surface area (Å²) < 4.78 is 1.95. The van der Waals surface area contributed by atoms with E-state index in [0.717, 1.165) is 36.5 Å². The first-order valence-corrected chi connectivity index (χ1v) is 6.86. The second-order valence-electron chi connectivity index (χ2n) is 4.76. The zero-order valence-corrected chi connectivity index (χ0v) is 11.7. The molecule has 0 radical (unpaired) electrons. The second-order valence-corrected chi connectivity index (χ2v) is 4.76. The monoisotopic (exact) mass is 275 g/mol. The van der Waals surface area contributed by atoms with Crippen molar-refractivity contribution in [2.45, 2.75) is 26.3 Å². The maximum absolute atomic E-state index is 11.3. The molecule has 1 amide bonds. The van der Waals surface area contributed by atoms with Crippen LogP contribution < -0.4 is 16.4 Å². The fraction of sp³-hybridized carbons (Fsp3) is 0.429. The van der Waals surface area contributed by atoms with Gasteiger partial charge in [0.15, 0.2) is 5.82 Å². The zero-order valence-electron chi connectivity index (χ0n) is 11.7. The highest BCUT2D eigenvalue weighted by molar-refractivity contribution is 5.79. The molecule has 2 rings (SSSR count). The largest absolute Gasteiger partial charge is 0.368 e. The van der Waals surface area contributed by atoms with Gasteiger partial charge in [-0.05, 0) is 18.6 Å². The molecule has 4 N–H and O–H groups in total. The molecule has 0 spiro atoms. The molecule has 0 unspecified atom stereocenters. The average Bonchev–Trinajstić information content (AvgIpc) is 2.81. The minimum atomic E-state index is -0.360. The number of primary amides is 1. The molecule has 0 saturated carbocycles. The quantitative estimate of drug-likeness (QED) is 0.785. The lowest BCUT2D eigenvalue weighted by molar-refractivity contribution is -0.116. The van der Waals surface area contributed by atoms with Crippen LogP contribution in [0.2, 0.25) is 0 Å². The standard InChI is InChI=1S/C14H21N5O/c1-2-3-7-18(10-12(16)20)14-11(9-15)19-8-5-4-6-13(19)17-14/h4-6,8H,2-3,7,9-10,15H2,1H3,(H2,16,20). The number of nitrogens with zero attached hydrogens (tertiary/aromatic N) is 3. The van der Waals surface area contributed by atoms with Crippen LogP contribution in [0.4, 0.5) is 5.82 Å². The van der Waals surface area contributed by atoms with Crippen molar-refractivity contribution >= 4 is 17.4 Å². The van der Waals surface area contributed by atoms with Gasteiger partial charge in [0.05, 0.1) is 12.2 Å². The molecular formula is C14H21N5O. The van der Waals surface area contributed by atoms with Crippen LogP contribution in [0.3, 0.4) is 0 Å².